The monoisotopic (exact) mass is 406 g/mol. The van der Waals surface area contributed by atoms with Crippen molar-refractivity contribution >= 4 is 22.6 Å². The molecule has 0 fully saturated rings. The molecular weight excluding hydrogens is 388 g/mol. The maximum Gasteiger partial charge on any atom is 0.255 e. The van der Waals surface area contributed by atoms with Crippen LogP contribution in [0.5, 0.6) is 0 Å². The maximum atomic E-state index is 12.7. The van der Waals surface area contributed by atoms with E-state index in [2.05, 4.69) is 10.6 Å². The molecule has 150 valence electrons. The van der Waals surface area contributed by atoms with E-state index in [1.807, 2.05) is 89.7 Å². The molecule has 2 N–H and O–H groups in total. The van der Waals surface area contributed by atoms with Crippen LogP contribution >= 0.6 is 0 Å². The lowest BCUT2D eigenvalue weighted by atomic mass is 10.1. The van der Waals surface area contributed by atoms with Gasteiger partial charge in [-0.25, -0.2) is 4.68 Å². The van der Waals surface area contributed by atoms with Gasteiger partial charge in [0.25, 0.3) is 5.91 Å². The molecule has 1 atom stereocenters. The molecule has 3 aromatic carbocycles. The Morgan fingerprint density at radius 1 is 0.871 bits per heavy atom. The summed E-state index contributed by atoms with van der Waals surface area (Å²) in [5.74, 6) is 0.531. The van der Waals surface area contributed by atoms with Gasteiger partial charge in [0.2, 0.25) is 0 Å². The van der Waals surface area contributed by atoms with Crippen LogP contribution < -0.4 is 10.6 Å². The summed E-state index contributed by atoms with van der Waals surface area (Å²) in [7, 11) is 0. The molecule has 1 unspecified atom stereocenters. The third kappa shape index (κ3) is 2.97. The number of rotatable bonds is 3. The Morgan fingerprint density at radius 3 is 2.52 bits per heavy atom. The van der Waals surface area contributed by atoms with E-state index in [1.54, 1.807) is 6.07 Å². The van der Waals surface area contributed by atoms with Crippen LogP contribution in [0.25, 0.3) is 28.1 Å². The minimum atomic E-state index is -0.442. The number of anilines is 1. The van der Waals surface area contributed by atoms with Gasteiger partial charge in [-0.15, -0.1) is 0 Å². The predicted molar refractivity (Wildman–Crippen MR) is 119 cm³/mol. The fourth-order valence-electron chi connectivity index (χ4n) is 3.96. The lowest BCUT2D eigenvalue weighted by Gasteiger charge is -2.27. The van der Waals surface area contributed by atoms with Crippen molar-refractivity contribution in [2.75, 3.05) is 5.32 Å². The number of hydrogen-bond donors (Lipinski definition) is 2. The van der Waals surface area contributed by atoms with E-state index < -0.39 is 6.17 Å². The van der Waals surface area contributed by atoms with Gasteiger partial charge in [-0.05, 0) is 36.4 Å². The molecule has 1 aliphatic rings. The number of hydrogen-bond acceptors (Lipinski definition) is 4. The van der Waals surface area contributed by atoms with Crippen LogP contribution in [0.2, 0.25) is 0 Å². The standard InChI is InChI=1S/C25H18N4O2/c30-25-18-11-5-6-12-20(18)26-24(27-25)19-15-29(17-9-2-1-3-10-17)28-23(19)22-14-16-8-4-7-13-21(16)31-22/h1-15,24,26H,(H,27,30). The Balaban J connectivity index is 1.50. The van der Waals surface area contributed by atoms with Gasteiger partial charge in [0.1, 0.15) is 17.4 Å². The predicted octanol–water partition coefficient (Wildman–Crippen LogP) is 5.14. The second-order valence-electron chi connectivity index (χ2n) is 7.46. The molecule has 0 aliphatic carbocycles. The molecule has 1 aliphatic heterocycles. The number of carbonyl (C=O) groups is 1. The van der Waals surface area contributed by atoms with E-state index >= 15 is 0 Å². The van der Waals surface area contributed by atoms with Crippen LogP contribution in [0.15, 0.2) is 95.5 Å². The molecule has 6 rings (SSSR count). The van der Waals surface area contributed by atoms with E-state index in [0.717, 1.165) is 27.9 Å². The average molecular weight is 406 g/mol. The molecular formula is C25H18N4O2. The molecule has 1 amide bonds. The summed E-state index contributed by atoms with van der Waals surface area (Å²) in [6.07, 6.45) is 1.49. The van der Waals surface area contributed by atoms with Crippen LogP contribution in [0.4, 0.5) is 5.69 Å². The summed E-state index contributed by atoms with van der Waals surface area (Å²) in [4.78, 5) is 12.7. The average Bonchev–Trinajstić information content (AvgIpc) is 3.44. The number of furan rings is 1. The highest BCUT2D eigenvalue weighted by atomic mass is 16.3. The number of nitrogens with one attached hydrogen (secondary N) is 2. The molecule has 0 radical (unpaired) electrons. The molecule has 2 aromatic heterocycles. The molecule has 0 saturated heterocycles. The van der Waals surface area contributed by atoms with Gasteiger partial charge in [-0.3, -0.25) is 4.79 Å². The Bertz CT molecular complexity index is 1390. The fraction of sp³-hybridized carbons (Fsp3) is 0.0400. The second kappa shape index (κ2) is 6.88. The number of amides is 1. The Kier molecular flexibility index (Phi) is 3.89. The topological polar surface area (TPSA) is 72.1 Å². The largest absolute Gasteiger partial charge is 0.454 e. The number of para-hydroxylation sites is 3. The SMILES string of the molecule is O=C1NC(c2cn(-c3ccccc3)nc2-c2cc3ccccc3o2)Nc2ccccc21. The van der Waals surface area contributed by atoms with Crippen LogP contribution in [0, 0.1) is 0 Å². The summed E-state index contributed by atoms with van der Waals surface area (Å²) in [5.41, 5.74) is 4.64. The maximum absolute atomic E-state index is 12.7. The lowest BCUT2D eigenvalue weighted by molar-refractivity contribution is 0.0936. The smallest absolute Gasteiger partial charge is 0.255 e. The zero-order chi connectivity index (χ0) is 20.8. The van der Waals surface area contributed by atoms with E-state index in [1.165, 1.54) is 0 Å². The third-order valence-electron chi connectivity index (χ3n) is 5.48. The van der Waals surface area contributed by atoms with Gasteiger partial charge < -0.3 is 15.1 Å². The van der Waals surface area contributed by atoms with Crippen LogP contribution in [-0.2, 0) is 0 Å². The summed E-state index contributed by atoms with van der Waals surface area (Å²) >= 11 is 0. The molecule has 0 spiro atoms. The van der Waals surface area contributed by atoms with Crippen molar-refractivity contribution in [1.29, 1.82) is 0 Å². The Morgan fingerprint density at radius 2 is 1.65 bits per heavy atom. The highest BCUT2D eigenvalue weighted by Gasteiger charge is 2.29. The van der Waals surface area contributed by atoms with E-state index in [4.69, 9.17) is 9.52 Å². The van der Waals surface area contributed by atoms with Crippen molar-refractivity contribution < 1.29 is 9.21 Å². The third-order valence-corrected chi connectivity index (χ3v) is 5.48. The molecule has 6 nitrogen and oxygen atoms in total. The molecule has 3 heterocycles. The summed E-state index contributed by atoms with van der Waals surface area (Å²) in [5, 5.41) is 12.3. The lowest BCUT2D eigenvalue weighted by Crippen LogP contribution is -2.38. The zero-order valence-corrected chi connectivity index (χ0v) is 16.4. The Labute approximate surface area is 178 Å². The van der Waals surface area contributed by atoms with Crippen molar-refractivity contribution in [2.45, 2.75) is 6.17 Å². The zero-order valence-electron chi connectivity index (χ0n) is 16.4. The van der Waals surface area contributed by atoms with Crippen molar-refractivity contribution in [3.05, 3.63) is 102 Å². The number of nitrogens with zero attached hydrogens (tertiary/aromatic N) is 2. The van der Waals surface area contributed by atoms with Gasteiger partial charge in [-0.1, -0.05) is 48.5 Å². The molecule has 31 heavy (non-hydrogen) atoms. The van der Waals surface area contributed by atoms with Gasteiger partial charge in [0, 0.05) is 22.8 Å². The second-order valence-corrected chi connectivity index (χ2v) is 7.46. The van der Waals surface area contributed by atoms with Gasteiger partial charge in [-0.2, -0.15) is 5.10 Å². The molecule has 6 heteroatoms. The van der Waals surface area contributed by atoms with E-state index in [0.29, 0.717) is 17.0 Å². The van der Waals surface area contributed by atoms with Crippen molar-refractivity contribution in [1.82, 2.24) is 15.1 Å². The van der Waals surface area contributed by atoms with Crippen molar-refractivity contribution in [2.24, 2.45) is 0 Å². The van der Waals surface area contributed by atoms with E-state index in [-0.39, 0.29) is 5.91 Å². The van der Waals surface area contributed by atoms with Gasteiger partial charge in [0.15, 0.2) is 5.76 Å². The van der Waals surface area contributed by atoms with E-state index in [9.17, 15) is 4.79 Å². The minimum absolute atomic E-state index is 0.123. The highest BCUT2D eigenvalue weighted by Crippen LogP contribution is 2.35. The molecule has 5 aromatic rings. The first kappa shape index (κ1) is 17.5. The number of fused-ring (bicyclic) bond motifs is 2. The van der Waals surface area contributed by atoms with Crippen LogP contribution in [0.1, 0.15) is 22.1 Å². The van der Waals surface area contributed by atoms with Gasteiger partial charge >= 0.3 is 0 Å². The Hall–Kier alpha value is -4.32. The first-order chi connectivity index (χ1) is 15.3. The normalized spacial score (nSPS) is 15.4. The first-order valence-corrected chi connectivity index (χ1v) is 10.1. The van der Waals surface area contributed by atoms with Crippen molar-refractivity contribution in [3.63, 3.8) is 0 Å². The molecule has 0 saturated carbocycles. The minimum Gasteiger partial charge on any atom is -0.454 e. The quantitative estimate of drug-likeness (QED) is 0.435. The fourth-order valence-corrected chi connectivity index (χ4v) is 3.96. The summed E-state index contributed by atoms with van der Waals surface area (Å²) < 4.78 is 7.93. The summed E-state index contributed by atoms with van der Waals surface area (Å²) in [6.45, 7) is 0. The number of aromatic nitrogens is 2. The van der Waals surface area contributed by atoms with Crippen LogP contribution in [-0.4, -0.2) is 15.7 Å². The van der Waals surface area contributed by atoms with Crippen LogP contribution in [0.3, 0.4) is 0 Å². The first-order valence-electron chi connectivity index (χ1n) is 10.1. The van der Waals surface area contributed by atoms with Gasteiger partial charge in [0.05, 0.1) is 11.3 Å². The highest BCUT2D eigenvalue weighted by molar-refractivity contribution is 6.01. The number of carbonyl (C=O) groups excluding carboxylic acids is 1. The summed E-state index contributed by atoms with van der Waals surface area (Å²) in [6, 6.07) is 27.2. The number of benzene rings is 3. The molecule has 0 bridgehead atoms. The van der Waals surface area contributed by atoms with Crippen molar-refractivity contribution in [3.8, 4) is 17.1 Å².